The molecule has 0 aromatic heterocycles. The fraction of sp³-hybridized carbons (Fsp3) is 0.948. The second kappa shape index (κ2) is 70.1. The number of phosphoric ester groups is 2. The number of aliphatic hydroxyl groups excluding tert-OH is 1. The van der Waals surface area contributed by atoms with Crippen molar-refractivity contribution in [2.75, 3.05) is 39.6 Å². The highest BCUT2D eigenvalue weighted by molar-refractivity contribution is 7.47. The number of carbonyl (C=O) groups excluding carboxylic acids is 4. The van der Waals surface area contributed by atoms with Crippen molar-refractivity contribution in [1.82, 2.24) is 0 Å². The topological polar surface area (TPSA) is 237 Å². The largest absolute Gasteiger partial charge is 0.472 e. The fourth-order valence-corrected chi connectivity index (χ4v) is 13.5. The van der Waals surface area contributed by atoms with Crippen molar-refractivity contribution in [2.45, 2.75) is 425 Å². The zero-order valence-electron chi connectivity index (χ0n) is 62.5. The average molecular weight is 1410 g/mol. The van der Waals surface area contributed by atoms with Crippen molar-refractivity contribution in [3.63, 3.8) is 0 Å². The molecule has 2 unspecified atom stereocenters. The van der Waals surface area contributed by atoms with Gasteiger partial charge in [0.1, 0.15) is 19.3 Å². The molecule has 0 amide bonds. The van der Waals surface area contributed by atoms with Crippen LogP contribution in [0.1, 0.15) is 407 Å². The predicted octanol–water partition coefficient (Wildman–Crippen LogP) is 22.9. The van der Waals surface area contributed by atoms with Gasteiger partial charge >= 0.3 is 39.5 Å². The molecule has 0 aliphatic rings. The summed E-state index contributed by atoms with van der Waals surface area (Å²) in [6, 6.07) is 0. The van der Waals surface area contributed by atoms with Crippen LogP contribution in [0.15, 0.2) is 0 Å². The molecule has 0 aliphatic heterocycles. The summed E-state index contributed by atoms with van der Waals surface area (Å²) in [5, 5.41) is 10.6. The van der Waals surface area contributed by atoms with Gasteiger partial charge in [-0.25, -0.2) is 9.13 Å². The molecule has 5 atom stereocenters. The highest BCUT2D eigenvalue weighted by Crippen LogP contribution is 2.45. The summed E-state index contributed by atoms with van der Waals surface area (Å²) in [6.07, 6.45) is 59.6. The van der Waals surface area contributed by atoms with Crippen LogP contribution in [0, 0.1) is 5.92 Å². The molecule has 96 heavy (non-hydrogen) atoms. The molecular weight excluding hydrogens is 1260 g/mol. The van der Waals surface area contributed by atoms with Gasteiger partial charge in [-0.15, -0.1) is 0 Å². The smallest absolute Gasteiger partial charge is 0.462 e. The third kappa shape index (κ3) is 70.5. The molecule has 17 nitrogen and oxygen atoms in total. The quantitative estimate of drug-likeness (QED) is 0.0222. The molecule has 0 saturated heterocycles. The van der Waals surface area contributed by atoms with Crippen molar-refractivity contribution >= 4 is 39.5 Å². The lowest BCUT2D eigenvalue weighted by molar-refractivity contribution is -0.161. The molecule has 0 spiro atoms. The molecule has 0 saturated carbocycles. The van der Waals surface area contributed by atoms with Gasteiger partial charge in [0.05, 0.1) is 26.4 Å². The van der Waals surface area contributed by atoms with Crippen LogP contribution in [-0.2, 0) is 65.4 Å². The van der Waals surface area contributed by atoms with Crippen molar-refractivity contribution in [1.29, 1.82) is 0 Å². The van der Waals surface area contributed by atoms with Crippen LogP contribution in [0.5, 0.6) is 0 Å². The Labute approximate surface area is 588 Å². The molecular formula is C77H150O17P2. The number of ether oxygens (including phenoxy) is 4. The average Bonchev–Trinajstić information content (AvgIpc) is 1.31. The van der Waals surface area contributed by atoms with Crippen molar-refractivity contribution in [3.05, 3.63) is 0 Å². The number of unbranched alkanes of at least 4 members (excludes halogenated alkanes) is 49. The second-order valence-electron chi connectivity index (χ2n) is 28.2. The van der Waals surface area contributed by atoms with E-state index in [2.05, 4.69) is 34.6 Å². The maximum Gasteiger partial charge on any atom is 0.472 e. The number of phosphoric acid groups is 2. The first-order valence-electron chi connectivity index (χ1n) is 40.1. The third-order valence-electron chi connectivity index (χ3n) is 18.0. The molecule has 0 fully saturated rings. The number of carbonyl (C=O) groups is 4. The van der Waals surface area contributed by atoms with Gasteiger partial charge in [0.25, 0.3) is 0 Å². The van der Waals surface area contributed by atoms with Gasteiger partial charge in [-0.05, 0) is 31.6 Å². The maximum absolute atomic E-state index is 13.1. The van der Waals surface area contributed by atoms with Crippen LogP contribution < -0.4 is 0 Å². The van der Waals surface area contributed by atoms with Crippen LogP contribution >= 0.6 is 15.6 Å². The molecule has 0 aromatic carbocycles. The first kappa shape index (κ1) is 94.1. The maximum atomic E-state index is 13.1. The van der Waals surface area contributed by atoms with Crippen LogP contribution in [0.3, 0.4) is 0 Å². The Hall–Kier alpha value is -1.94. The van der Waals surface area contributed by atoms with E-state index >= 15 is 0 Å². The van der Waals surface area contributed by atoms with Gasteiger partial charge in [0.2, 0.25) is 0 Å². The van der Waals surface area contributed by atoms with Gasteiger partial charge in [0, 0.05) is 25.7 Å². The molecule has 0 bridgehead atoms. The fourth-order valence-electron chi connectivity index (χ4n) is 11.9. The summed E-state index contributed by atoms with van der Waals surface area (Å²) in [4.78, 5) is 72.8. The molecule has 0 rings (SSSR count). The third-order valence-corrected chi connectivity index (χ3v) is 19.9. The van der Waals surface area contributed by atoms with Gasteiger partial charge < -0.3 is 33.8 Å². The van der Waals surface area contributed by atoms with E-state index in [9.17, 15) is 43.2 Å². The summed E-state index contributed by atoms with van der Waals surface area (Å²) >= 11 is 0. The lowest BCUT2D eigenvalue weighted by atomic mass is 10.0. The number of aliphatic hydroxyl groups is 1. The van der Waals surface area contributed by atoms with E-state index in [1.807, 2.05) is 0 Å². The van der Waals surface area contributed by atoms with E-state index in [-0.39, 0.29) is 25.7 Å². The normalized spacial score (nSPS) is 13.9. The van der Waals surface area contributed by atoms with E-state index < -0.39 is 97.5 Å². The first-order chi connectivity index (χ1) is 46.5. The van der Waals surface area contributed by atoms with Crippen molar-refractivity contribution in [3.8, 4) is 0 Å². The van der Waals surface area contributed by atoms with Gasteiger partial charge in [0.15, 0.2) is 12.2 Å². The minimum absolute atomic E-state index is 0.108. The van der Waals surface area contributed by atoms with Crippen molar-refractivity contribution < 1.29 is 80.2 Å². The lowest BCUT2D eigenvalue weighted by Gasteiger charge is -2.21. The summed E-state index contributed by atoms with van der Waals surface area (Å²) in [6.45, 7) is 7.31. The number of rotatable bonds is 77. The summed E-state index contributed by atoms with van der Waals surface area (Å²) in [5.74, 6) is -1.33. The van der Waals surface area contributed by atoms with E-state index in [1.165, 1.54) is 231 Å². The minimum atomic E-state index is -4.96. The van der Waals surface area contributed by atoms with Gasteiger partial charge in [-0.2, -0.15) is 0 Å². The van der Waals surface area contributed by atoms with Crippen LogP contribution in [0.4, 0.5) is 0 Å². The summed E-state index contributed by atoms with van der Waals surface area (Å²) in [5.41, 5.74) is 0. The van der Waals surface area contributed by atoms with Crippen LogP contribution in [0.2, 0.25) is 0 Å². The molecule has 19 heteroatoms. The Balaban J connectivity index is 5.23. The van der Waals surface area contributed by atoms with E-state index in [1.54, 1.807) is 0 Å². The van der Waals surface area contributed by atoms with Crippen molar-refractivity contribution in [2.24, 2.45) is 5.92 Å². The molecule has 0 radical (unpaired) electrons. The molecule has 3 N–H and O–H groups in total. The lowest BCUT2D eigenvalue weighted by Crippen LogP contribution is -2.30. The second-order valence-corrected chi connectivity index (χ2v) is 31.1. The summed E-state index contributed by atoms with van der Waals surface area (Å²) < 4.78 is 68.6. The van der Waals surface area contributed by atoms with Crippen LogP contribution in [-0.4, -0.2) is 96.7 Å². The highest BCUT2D eigenvalue weighted by atomic mass is 31.2. The molecule has 570 valence electrons. The Morgan fingerprint density at radius 1 is 0.281 bits per heavy atom. The highest BCUT2D eigenvalue weighted by Gasteiger charge is 2.30. The predicted molar refractivity (Wildman–Crippen MR) is 391 cm³/mol. The SMILES string of the molecule is CCCCCCCCCCCCCCCCCCCCC(=O)O[C@H](COC(=O)CCCCCCCCCCCCCCC(C)C)COP(=O)(O)OC[C@@H](O)COP(=O)(O)OC[C@@H](COC(=O)CCCCCCCCCCC)OC(=O)CCCCCCCCCCCCCCCC. The standard InChI is InChI=1S/C77H150O17P2/c1-6-9-12-15-18-21-23-25-27-28-29-30-32-38-43-48-53-58-63-77(82)94-73(67-88-75(80)61-56-51-46-41-36-34-33-35-40-44-49-54-59-70(4)5)69-92-96(85,86)90-65-71(78)64-89-95(83,84)91-68-72(66-87-74(79)60-55-50-45-39-20-17-14-11-8-3)93-76(81)62-57-52-47-42-37-31-26-24-22-19-16-13-10-7-2/h70-73,78H,6-69H2,1-5H3,(H,83,84)(H,85,86)/t71-,72+,73+/m0/s1. The van der Waals surface area contributed by atoms with E-state index in [0.717, 1.165) is 95.8 Å². The van der Waals surface area contributed by atoms with E-state index in [4.69, 9.17) is 37.0 Å². The van der Waals surface area contributed by atoms with E-state index in [0.29, 0.717) is 25.7 Å². The Kier molecular flexibility index (Phi) is 68.7. The summed E-state index contributed by atoms with van der Waals surface area (Å²) in [7, 11) is -9.91. The Morgan fingerprint density at radius 2 is 0.479 bits per heavy atom. The zero-order chi connectivity index (χ0) is 70.5. The Morgan fingerprint density at radius 3 is 0.708 bits per heavy atom. The van der Waals surface area contributed by atoms with Gasteiger partial charge in [-0.3, -0.25) is 37.3 Å². The number of hydrogen-bond acceptors (Lipinski definition) is 15. The van der Waals surface area contributed by atoms with Gasteiger partial charge in [-0.1, -0.05) is 356 Å². The molecule has 0 aromatic rings. The molecule has 0 heterocycles. The zero-order valence-corrected chi connectivity index (χ0v) is 64.3. The monoisotopic (exact) mass is 1410 g/mol. The molecule has 0 aliphatic carbocycles. The number of hydrogen-bond donors (Lipinski definition) is 3. The number of esters is 4. The van der Waals surface area contributed by atoms with Crippen LogP contribution in [0.25, 0.3) is 0 Å². The first-order valence-corrected chi connectivity index (χ1v) is 43.1. The Bertz CT molecular complexity index is 1840. The minimum Gasteiger partial charge on any atom is -0.462 e.